The lowest BCUT2D eigenvalue weighted by Crippen LogP contribution is -2.05. The molecule has 0 bridgehead atoms. The van der Waals surface area contributed by atoms with Crippen molar-refractivity contribution in [1.29, 1.82) is 0 Å². The van der Waals surface area contributed by atoms with E-state index < -0.39 is 0 Å². The smallest absolute Gasteiger partial charge is 0.222 e. The largest absolute Gasteiger partial charge is 0.368 e. The second-order valence-electron chi connectivity index (χ2n) is 5.74. The van der Waals surface area contributed by atoms with Crippen molar-refractivity contribution in [1.82, 2.24) is 15.0 Å². The first-order valence-electron chi connectivity index (χ1n) is 8.05. The summed E-state index contributed by atoms with van der Waals surface area (Å²) in [4.78, 5) is 12.7. The van der Waals surface area contributed by atoms with Gasteiger partial charge in [-0.25, -0.2) is 4.98 Å². The van der Waals surface area contributed by atoms with Crippen LogP contribution in [0.1, 0.15) is 5.56 Å². The number of anilines is 2. The molecule has 3 N–H and O–H groups in total. The standard InChI is InChI=1S/C20H17N5/c21-20-24-18-6-2-1-5-17(18)19(25-20)23-12-14-7-9-15(10-8-14)16-4-3-11-22-13-16/h1-11,13H,12H2,(H3,21,23,24,25). The Bertz CT molecular complexity index is 997. The maximum atomic E-state index is 5.81. The lowest BCUT2D eigenvalue weighted by atomic mass is 10.1. The number of hydrogen-bond acceptors (Lipinski definition) is 5. The number of nitrogens with two attached hydrogens (primary N) is 1. The second kappa shape index (κ2) is 6.57. The molecule has 0 spiro atoms. The molecular weight excluding hydrogens is 310 g/mol. The maximum absolute atomic E-state index is 5.81. The van der Waals surface area contributed by atoms with Crippen molar-refractivity contribution < 1.29 is 0 Å². The lowest BCUT2D eigenvalue weighted by molar-refractivity contribution is 1.11. The summed E-state index contributed by atoms with van der Waals surface area (Å²) < 4.78 is 0. The van der Waals surface area contributed by atoms with Crippen LogP contribution in [0.4, 0.5) is 11.8 Å². The SMILES string of the molecule is Nc1nc(NCc2ccc(-c3cccnc3)cc2)c2ccccc2n1. The van der Waals surface area contributed by atoms with Crippen LogP contribution in [0, 0.1) is 0 Å². The lowest BCUT2D eigenvalue weighted by Gasteiger charge is -2.10. The van der Waals surface area contributed by atoms with E-state index in [0.29, 0.717) is 6.54 Å². The number of nitrogens with one attached hydrogen (secondary N) is 1. The van der Waals surface area contributed by atoms with E-state index in [9.17, 15) is 0 Å². The van der Waals surface area contributed by atoms with Crippen molar-refractivity contribution in [2.75, 3.05) is 11.1 Å². The van der Waals surface area contributed by atoms with Crippen molar-refractivity contribution in [3.63, 3.8) is 0 Å². The monoisotopic (exact) mass is 327 g/mol. The highest BCUT2D eigenvalue weighted by molar-refractivity contribution is 5.89. The summed E-state index contributed by atoms with van der Waals surface area (Å²) in [7, 11) is 0. The van der Waals surface area contributed by atoms with Gasteiger partial charge in [-0.3, -0.25) is 4.98 Å². The fourth-order valence-electron chi connectivity index (χ4n) is 2.76. The van der Waals surface area contributed by atoms with Gasteiger partial charge in [0, 0.05) is 24.3 Å². The Hall–Kier alpha value is -3.47. The van der Waals surface area contributed by atoms with Crippen LogP contribution in [0.25, 0.3) is 22.0 Å². The Morgan fingerprint density at radius 2 is 1.68 bits per heavy atom. The van der Waals surface area contributed by atoms with E-state index >= 15 is 0 Å². The topological polar surface area (TPSA) is 76.7 Å². The van der Waals surface area contributed by atoms with Crippen LogP contribution >= 0.6 is 0 Å². The van der Waals surface area contributed by atoms with Crippen molar-refractivity contribution in [2.24, 2.45) is 0 Å². The molecule has 0 saturated carbocycles. The maximum Gasteiger partial charge on any atom is 0.222 e. The number of benzene rings is 2. The molecule has 0 saturated heterocycles. The van der Waals surface area contributed by atoms with Crippen molar-refractivity contribution in [3.05, 3.63) is 78.6 Å². The number of fused-ring (bicyclic) bond motifs is 1. The van der Waals surface area contributed by atoms with Gasteiger partial charge in [0.05, 0.1) is 5.52 Å². The van der Waals surface area contributed by atoms with E-state index in [1.54, 1.807) is 6.20 Å². The first-order valence-corrected chi connectivity index (χ1v) is 8.05. The highest BCUT2D eigenvalue weighted by atomic mass is 15.1. The van der Waals surface area contributed by atoms with Gasteiger partial charge in [-0.1, -0.05) is 42.5 Å². The molecule has 2 aromatic heterocycles. The van der Waals surface area contributed by atoms with Crippen molar-refractivity contribution in [3.8, 4) is 11.1 Å². The third-order valence-electron chi connectivity index (χ3n) is 4.03. The summed E-state index contributed by atoms with van der Waals surface area (Å²) in [6.07, 6.45) is 3.64. The predicted molar refractivity (Wildman–Crippen MR) is 101 cm³/mol. The molecule has 0 aliphatic rings. The summed E-state index contributed by atoms with van der Waals surface area (Å²) in [5.41, 5.74) is 10.1. The molecule has 2 heterocycles. The summed E-state index contributed by atoms with van der Waals surface area (Å²) in [5.74, 6) is 1.02. The van der Waals surface area contributed by atoms with Gasteiger partial charge in [0.15, 0.2) is 0 Å². The number of hydrogen-bond donors (Lipinski definition) is 2. The summed E-state index contributed by atoms with van der Waals surface area (Å²) in [6, 6.07) is 20.2. The third kappa shape index (κ3) is 3.26. The zero-order valence-corrected chi connectivity index (χ0v) is 13.6. The highest BCUT2D eigenvalue weighted by Crippen LogP contribution is 2.22. The highest BCUT2D eigenvalue weighted by Gasteiger charge is 2.05. The van der Waals surface area contributed by atoms with Crippen LogP contribution in [-0.2, 0) is 6.54 Å². The number of nitrogen functional groups attached to an aromatic ring is 1. The van der Waals surface area contributed by atoms with Crippen LogP contribution in [0.15, 0.2) is 73.1 Å². The van der Waals surface area contributed by atoms with E-state index in [0.717, 1.165) is 33.4 Å². The fourth-order valence-corrected chi connectivity index (χ4v) is 2.76. The molecule has 2 aromatic carbocycles. The van der Waals surface area contributed by atoms with Gasteiger partial charge in [0.1, 0.15) is 5.82 Å². The van der Waals surface area contributed by atoms with Gasteiger partial charge in [-0.15, -0.1) is 0 Å². The molecule has 0 fully saturated rings. The Labute approximate surface area is 145 Å². The number of para-hydroxylation sites is 1. The molecule has 25 heavy (non-hydrogen) atoms. The number of aromatic nitrogens is 3. The van der Waals surface area contributed by atoms with Gasteiger partial charge < -0.3 is 11.1 Å². The number of nitrogens with zero attached hydrogens (tertiary/aromatic N) is 3. The van der Waals surface area contributed by atoms with Crippen LogP contribution in [0.3, 0.4) is 0 Å². The zero-order valence-electron chi connectivity index (χ0n) is 13.6. The molecule has 0 atom stereocenters. The Morgan fingerprint density at radius 3 is 2.48 bits per heavy atom. The van der Waals surface area contributed by atoms with E-state index in [1.807, 2.05) is 36.5 Å². The van der Waals surface area contributed by atoms with E-state index in [2.05, 4.69) is 50.6 Å². The quantitative estimate of drug-likeness (QED) is 0.595. The molecule has 4 rings (SSSR count). The van der Waals surface area contributed by atoms with Gasteiger partial charge in [0.25, 0.3) is 0 Å². The fraction of sp³-hybridized carbons (Fsp3) is 0.0500. The van der Waals surface area contributed by atoms with Crippen LogP contribution in [-0.4, -0.2) is 15.0 Å². The third-order valence-corrected chi connectivity index (χ3v) is 4.03. The molecule has 0 aliphatic carbocycles. The van der Waals surface area contributed by atoms with Gasteiger partial charge >= 0.3 is 0 Å². The number of rotatable bonds is 4. The van der Waals surface area contributed by atoms with E-state index in [4.69, 9.17) is 5.73 Å². The molecule has 5 nitrogen and oxygen atoms in total. The number of pyridine rings is 1. The average Bonchev–Trinajstić information content (AvgIpc) is 2.67. The van der Waals surface area contributed by atoms with Gasteiger partial charge in [-0.05, 0) is 34.9 Å². The summed E-state index contributed by atoms with van der Waals surface area (Å²) in [5, 5.41) is 4.32. The minimum absolute atomic E-state index is 0.271. The van der Waals surface area contributed by atoms with Gasteiger partial charge in [-0.2, -0.15) is 4.98 Å². The van der Waals surface area contributed by atoms with Crippen LogP contribution in [0.5, 0.6) is 0 Å². The molecule has 5 heteroatoms. The first kappa shape index (κ1) is 15.1. The minimum Gasteiger partial charge on any atom is -0.368 e. The molecule has 0 unspecified atom stereocenters. The molecular formula is C20H17N5. The zero-order chi connectivity index (χ0) is 17.1. The molecule has 4 aromatic rings. The Morgan fingerprint density at radius 1 is 0.840 bits per heavy atom. The molecule has 0 radical (unpaired) electrons. The molecule has 0 amide bonds. The predicted octanol–water partition coefficient (Wildman–Crippen LogP) is 3.89. The van der Waals surface area contributed by atoms with Crippen LogP contribution < -0.4 is 11.1 Å². The first-order chi connectivity index (χ1) is 12.3. The van der Waals surface area contributed by atoms with Gasteiger partial charge in [0.2, 0.25) is 5.95 Å². The molecule has 0 aliphatic heterocycles. The van der Waals surface area contributed by atoms with E-state index in [-0.39, 0.29) is 5.95 Å². The Balaban J connectivity index is 1.54. The molecule has 122 valence electrons. The second-order valence-corrected chi connectivity index (χ2v) is 5.74. The normalized spacial score (nSPS) is 10.7. The minimum atomic E-state index is 0.271. The van der Waals surface area contributed by atoms with Crippen LogP contribution in [0.2, 0.25) is 0 Å². The average molecular weight is 327 g/mol. The Kier molecular flexibility index (Phi) is 3.96. The summed E-state index contributed by atoms with van der Waals surface area (Å²) >= 11 is 0. The summed E-state index contributed by atoms with van der Waals surface area (Å²) in [6.45, 7) is 0.660. The van der Waals surface area contributed by atoms with Crippen molar-refractivity contribution >= 4 is 22.7 Å². The van der Waals surface area contributed by atoms with Crippen molar-refractivity contribution in [2.45, 2.75) is 6.54 Å². The van der Waals surface area contributed by atoms with E-state index in [1.165, 1.54) is 0 Å².